The van der Waals surface area contributed by atoms with Crippen LogP contribution in [-0.2, 0) is 33.3 Å². The van der Waals surface area contributed by atoms with Crippen molar-refractivity contribution in [3.63, 3.8) is 0 Å². The van der Waals surface area contributed by atoms with E-state index in [9.17, 15) is 55.2 Å². The molecular weight excluding hydrogens is 622 g/mol. The largest absolute Gasteiger partial charge is 0.394 e. The molecule has 20 nitrogen and oxygen atoms in total. The van der Waals surface area contributed by atoms with E-state index in [0.717, 1.165) is 0 Å². The van der Waals surface area contributed by atoms with E-state index >= 15 is 0 Å². The molecule has 0 bridgehead atoms. The van der Waals surface area contributed by atoms with Crippen LogP contribution in [0.2, 0.25) is 0 Å². The highest BCUT2D eigenvalue weighted by molar-refractivity contribution is 5.85. The molecule has 2 saturated heterocycles. The lowest BCUT2D eigenvalue weighted by molar-refractivity contribution is -0.300. The maximum Gasteiger partial charge on any atom is 0.234 e. The summed E-state index contributed by atoms with van der Waals surface area (Å²) in [5, 5.41) is 83.2. The molecule has 2 aliphatic heterocycles. The van der Waals surface area contributed by atoms with Gasteiger partial charge < -0.3 is 81.9 Å². The zero-order chi connectivity index (χ0) is 34.4. The highest BCUT2D eigenvalue weighted by atomic mass is 16.7. The molecule has 14 N–H and O–H groups in total. The summed E-state index contributed by atoms with van der Waals surface area (Å²) in [6, 6.07) is -1.00. The molecule has 0 aliphatic carbocycles. The molecule has 0 radical (unpaired) electrons. The van der Waals surface area contributed by atoms with E-state index in [1.807, 2.05) is 0 Å². The van der Waals surface area contributed by atoms with E-state index in [1.165, 1.54) is 4.90 Å². The standard InChI is InChI=1S/C26H49N5O15/c27-4-2-1-3-13(24(28)42)31(9-16(34)29-5-7-43-25-22(40)20(38)18(36)14(11-32)45-25)10-17(35)30-6-8-44-26-23(41)21(39)19(37)15(12-33)46-26/h13-15,18-23,25-26,32-33,36-41H,1-12,27H2,(H2,28,42)(H,29,34)(H,30,35)/t13-,14-,15+,18-,19+,20+,21-,22+,23-,25+,26-/m0/s1. The summed E-state index contributed by atoms with van der Waals surface area (Å²) < 4.78 is 21.1. The second-order valence-electron chi connectivity index (χ2n) is 10.9. The minimum absolute atomic E-state index is 0.113. The molecule has 2 fully saturated rings. The minimum atomic E-state index is -1.63. The number of ether oxygens (including phenoxy) is 4. The van der Waals surface area contributed by atoms with Crippen molar-refractivity contribution < 1.29 is 74.2 Å². The fourth-order valence-corrected chi connectivity index (χ4v) is 4.89. The molecule has 268 valence electrons. The first-order valence-corrected chi connectivity index (χ1v) is 15.0. The van der Waals surface area contributed by atoms with Gasteiger partial charge in [-0.1, -0.05) is 6.42 Å². The lowest BCUT2D eigenvalue weighted by Gasteiger charge is -2.39. The van der Waals surface area contributed by atoms with Crippen molar-refractivity contribution in [1.29, 1.82) is 0 Å². The number of hydrogen-bond donors (Lipinski definition) is 12. The van der Waals surface area contributed by atoms with Crippen molar-refractivity contribution in [3.8, 4) is 0 Å². The average Bonchev–Trinajstić information content (AvgIpc) is 3.02. The molecule has 11 atom stereocenters. The Morgan fingerprint density at radius 3 is 1.52 bits per heavy atom. The number of nitrogens with two attached hydrogens (primary N) is 2. The summed E-state index contributed by atoms with van der Waals surface area (Å²) >= 11 is 0. The maximum atomic E-state index is 12.8. The van der Waals surface area contributed by atoms with Gasteiger partial charge in [0.05, 0.1) is 45.6 Å². The quantitative estimate of drug-likeness (QED) is 0.0535. The van der Waals surface area contributed by atoms with Crippen LogP contribution in [0.3, 0.4) is 0 Å². The average molecular weight is 672 g/mol. The first kappa shape index (κ1) is 40.0. The van der Waals surface area contributed by atoms with Crippen molar-refractivity contribution in [1.82, 2.24) is 15.5 Å². The molecular formula is C26H49N5O15. The fourth-order valence-electron chi connectivity index (χ4n) is 4.89. The molecule has 0 aromatic rings. The Morgan fingerprint density at radius 1 is 0.717 bits per heavy atom. The Bertz CT molecular complexity index is 876. The Hall–Kier alpha value is -2.15. The zero-order valence-corrected chi connectivity index (χ0v) is 25.4. The van der Waals surface area contributed by atoms with Crippen LogP contribution in [0.5, 0.6) is 0 Å². The van der Waals surface area contributed by atoms with Crippen molar-refractivity contribution in [3.05, 3.63) is 0 Å². The van der Waals surface area contributed by atoms with Gasteiger partial charge in [-0.05, 0) is 19.4 Å². The molecule has 20 heteroatoms. The van der Waals surface area contributed by atoms with Gasteiger partial charge >= 0.3 is 0 Å². The van der Waals surface area contributed by atoms with Crippen LogP contribution in [0.25, 0.3) is 0 Å². The van der Waals surface area contributed by atoms with E-state index < -0.39 is 111 Å². The van der Waals surface area contributed by atoms with Crippen molar-refractivity contribution >= 4 is 17.7 Å². The summed E-state index contributed by atoms with van der Waals surface area (Å²) in [7, 11) is 0. The number of nitrogens with one attached hydrogen (secondary N) is 2. The lowest BCUT2D eigenvalue weighted by atomic mass is 9.99. The molecule has 0 aromatic heterocycles. The molecule has 0 spiro atoms. The van der Waals surface area contributed by atoms with Crippen LogP contribution in [0.15, 0.2) is 0 Å². The predicted molar refractivity (Wildman–Crippen MR) is 153 cm³/mol. The number of carbonyl (C=O) groups excluding carboxylic acids is 3. The number of nitrogens with zero attached hydrogens (tertiary/aromatic N) is 1. The number of carbonyl (C=O) groups is 3. The molecule has 2 rings (SSSR count). The van der Waals surface area contributed by atoms with E-state index in [0.29, 0.717) is 19.4 Å². The van der Waals surface area contributed by atoms with Crippen molar-refractivity contribution in [2.24, 2.45) is 11.5 Å². The van der Waals surface area contributed by atoms with Gasteiger partial charge in [-0.25, -0.2) is 0 Å². The number of aliphatic hydroxyl groups is 8. The van der Waals surface area contributed by atoms with Gasteiger partial charge in [-0.3, -0.25) is 19.3 Å². The second-order valence-corrected chi connectivity index (χ2v) is 10.9. The van der Waals surface area contributed by atoms with Crippen LogP contribution < -0.4 is 22.1 Å². The lowest BCUT2D eigenvalue weighted by Crippen LogP contribution is -2.59. The first-order chi connectivity index (χ1) is 21.9. The first-order valence-electron chi connectivity index (χ1n) is 15.0. The Labute approximate surface area is 265 Å². The molecule has 0 aromatic carbocycles. The third-order valence-corrected chi connectivity index (χ3v) is 7.50. The van der Waals surface area contributed by atoms with Crippen LogP contribution >= 0.6 is 0 Å². The van der Waals surface area contributed by atoms with E-state index in [-0.39, 0.29) is 32.7 Å². The SMILES string of the molecule is NCCCC[C@@H](C(N)=O)N(CC(=O)NCCO[C@H]1O[C@H](CO)[C@@H](O)[C@H](O)[C@@H]1O)CC(=O)NCCO[C@@H]1O[C@@H](CO)[C@H](O)[C@@H](O)[C@H]1O. The third-order valence-electron chi connectivity index (χ3n) is 7.50. The number of unbranched alkanes of at least 4 members (excludes halogenated alkanes) is 1. The summed E-state index contributed by atoms with van der Waals surface area (Å²) in [5.74, 6) is -1.99. The van der Waals surface area contributed by atoms with Crippen LogP contribution in [0.4, 0.5) is 0 Å². The van der Waals surface area contributed by atoms with Crippen molar-refractivity contribution in [2.75, 3.05) is 59.2 Å². The van der Waals surface area contributed by atoms with Gasteiger partial charge in [0.2, 0.25) is 17.7 Å². The molecule has 0 saturated carbocycles. The number of hydrogen-bond acceptors (Lipinski definition) is 17. The number of amides is 3. The smallest absolute Gasteiger partial charge is 0.234 e. The molecule has 2 heterocycles. The summed E-state index contributed by atoms with van der Waals surface area (Å²) in [5.41, 5.74) is 11.1. The van der Waals surface area contributed by atoms with Gasteiger partial charge in [-0.15, -0.1) is 0 Å². The van der Waals surface area contributed by atoms with Gasteiger partial charge in [0.15, 0.2) is 12.6 Å². The van der Waals surface area contributed by atoms with Crippen LogP contribution in [0.1, 0.15) is 19.3 Å². The van der Waals surface area contributed by atoms with E-state index in [4.69, 9.17) is 30.4 Å². The predicted octanol–water partition coefficient (Wildman–Crippen LogP) is -7.86. The minimum Gasteiger partial charge on any atom is -0.394 e. The van der Waals surface area contributed by atoms with Gasteiger partial charge in [0.1, 0.15) is 48.8 Å². The zero-order valence-electron chi connectivity index (χ0n) is 25.4. The highest BCUT2D eigenvalue weighted by Gasteiger charge is 2.45. The Morgan fingerprint density at radius 2 is 1.15 bits per heavy atom. The second kappa shape index (κ2) is 20.3. The fraction of sp³-hybridized carbons (Fsp3) is 0.885. The Kier molecular flexibility index (Phi) is 17.6. The normalized spacial score (nSPS) is 32.2. The summed E-state index contributed by atoms with van der Waals surface area (Å²) in [6.45, 7) is -2.41. The number of aliphatic hydroxyl groups excluding tert-OH is 8. The monoisotopic (exact) mass is 671 g/mol. The van der Waals surface area contributed by atoms with Crippen LogP contribution in [-0.4, -0.2) is 190 Å². The number of rotatable bonds is 20. The van der Waals surface area contributed by atoms with Gasteiger partial charge in [0.25, 0.3) is 0 Å². The topological polar surface area (TPSA) is 329 Å². The molecule has 2 aliphatic rings. The highest BCUT2D eigenvalue weighted by Crippen LogP contribution is 2.23. The molecule has 0 unspecified atom stereocenters. The summed E-state index contributed by atoms with van der Waals surface area (Å²) in [6.07, 6.45) is -13.4. The summed E-state index contributed by atoms with van der Waals surface area (Å²) in [4.78, 5) is 39.1. The molecule has 46 heavy (non-hydrogen) atoms. The van der Waals surface area contributed by atoms with E-state index in [1.54, 1.807) is 0 Å². The van der Waals surface area contributed by atoms with Gasteiger partial charge in [0, 0.05) is 13.1 Å². The Balaban J connectivity index is 1.89. The maximum absolute atomic E-state index is 12.8. The van der Waals surface area contributed by atoms with Gasteiger partial charge in [-0.2, -0.15) is 0 Å². The van der Waals surface area contributed by atoms with Crippen molar-refractivity contribution in [2.45, 2.75) is 86.7 Å². The number of primary amides is 1. The van der Waals surface area contributed by atoms with Crippen LogP contribution in [0, 0.1) is 0 Å². The van der Waals surface area contributed by atoms with E-state index in [2.05, 4.69) is 10.6 Å². The third kappa shape index (κ3) is 11.8. The molecule has 3 amide bonds.